The van der Waals surface area contributed by atoms with E-state index in [4.69, 9.17) is 9.47 Å². The molecule has 0 heterocycles. The van der Waals surface area contributed by atoms with E-state index in [1.165, 1.54) is 0 Å². The van der Waals surface area contributed by atoms with Gasteiger partial charge in [0.1, 0.15) is 5.60 Å². The molecule has 1 N–H and O–H groups in total. The van der Waals surface area contributed by atoms with Crippen LogP contribution in [0.15, 0.2) is 0 Å². The Labute approximate surface area is 200 Å². The van der Waals surface area contributed by atoms with E-state index in [-0.39, 0.29) is 13.0 Å². The van der Waals surface area contributed by atoms with Gasteiger partial charge in [0, 0.05) is 19.4 Å². The van der Waals surface area contributed by atoms with E-state index in [2.05, 4.69) is 10.1 Å². The summed E-state index contributed by atoms with van der Waals surface area (Å²) in [7, 11) is 0. The van der Waals surface area contributed by atoms with Crippen molar-refractivity contribution in [3.05, 3.63) is 29.1 Å². The Morgan fingerprint density at radius 1 is 0.857 bits per heavy atom. The second kappa shape index (κ2) is 13.8. The summed E-state index contributed by atoms with van der Waals surface area (Å²) in [4.78, 5) is 36.4. The number of amides is 1. The Balaban J connectivity index is 2.92. The average Bonchev–Trinajstić information content (AvgIpc) is 2.77. The first-order valence-electron chi connectivity index (χ1n) is 11.2. The highest BCUT2D eigenvalue weighted by atomic mass is 19.2. The lowest BCUT2D eigenvalue weighted by Crippen LogP contribution is -2.38. The van der Waals surface area contributed by atoms with Crippen molar-refractivity contribution in [2.45, 2.75) is 84.3 Å². The molecule has 0 aromatic heterocycles. The van der Waals surface area contributed by atoms with Crippen LogP contribution in [-0.4, -0.2) is 36.3 Å². The van der Waals surface area contributed by atoms with Crippen LogP contribution in [0, 0.1) is 29.1 Å². The molecule has 0 spiro atoms. The van der Waals surface area contributed by atoms with Gasteiger partial charge in [0.15, 0.2) is 0 Å². The van der Waals surface area contributed by atoms with Gasteiger partial charge in [-0.05, 0) is 27.2 Å². The number of nitrogens with one attached hydrogen (secondary N) is 1. The van der Waals surface area contributed by atoms with Crippen molar-refractivity contribution in [2.75, 3.05) is 6.54 Å². The minimum Gasteiger partial charge on any atom is -0.450 e. The minimum atomic E-state index is -2.42. The number of ether oxygens (including phenoxy) is 3. The first-order chi connectivity index (χ1) is 16.3. The number of hydrogen-bond donors (Lipinski definition) is 1. The Morgan fingerprint density at radius 2 is 1.40 bits per heavy atom. The zero-order chi connectivity index (χ0) is 26.8. The number of esters is 2. The SMILES string of the molecule is CCCCCCCC(=O)OC(CCNC(=O)OC(C)(C)C)C(=O)Oc1c(F)c(F)c(F)c(F)c1F. The van der Waals surface area contributed by atoms with E-state index in [1.54, 1.807) is 20.8 Å². The van der Waals surface area contributed by atoms with Gasteiger partial charge >= 0.3 is 18.0 Å². The number of hydrogen-bond acceptors (Lipinski definition) is 6. The standard InChI is InChI=1S/C23H30F5NO6/c1-5-6-7-8-9-10-14(30)33-13(11-12-29-22(32)35-23(2,3)4)21(31)34-20-18(27)16(25)15(24)17(26)19(20)28/h13H,5-12H2,1-4H3,(H,29,32). The van der Waals surface area contributed by atoms with Gasteiger partial charge in [0.2, 0.25) is 40.9 Å². The topological polar surface area (TPSA) is 90.9 Å². The summed E-state index contributed by atoms with van der Waals surface area (Å²) >= 11 is 0. The van der Waals surface area contributed by atoms with Crippen molar-refractivity contribution in [2.24, 2.45) is 0 Å². The molecular formula is C23H30F5NO6. The lowest BCUT2D eigenvalue weighted by Gasteiger charge is -2.21. The molecule has 7 nitrogen and oxygen atoms in total. The Bertz CT molecular complexity index is 874. The van der Waals surface area contributed by atoms with Crippen LogP contribution < -0.4 is 10.1 Å². The maximum Gasteiger partial charge on any atom is 0.407 e. The molecule has 0 fully saturated rings. The smallest absolute Gasteiger partial charge is 0.407 e. The van der Waals surface area contributed by atoms with Crippen LogP contribution in [0.3, 0.4) is 0 Å². The third-order valence-corrected chi connectivity index (χ3v) is 4.47. The molecule has 198 valence electrons. The lowest BCUT2D eigenvalue weighted by atomic mass is 10.1. The van der Waals surface area contributed by atoms with Crippen molar-refractivity contribution in [3.63, 3.8) is 0 Å². The van der Waals surface area contributed by atoms with Crippen molar-refractivity contribution >= 4 is 18.0 Å². The lowest BCUT2D eigenvalue weighted by molar-refractivity contribution is -0.163. The third-order valence-electron chi connectivity index (χ3n) is 4.47. The summed E-state index contributed by atoms with van der Waals surface area (Å²) in [6, 6.07) is 0. The molecule has 0 saturated heterocycles. The van der Waals surface area contributed by atoms with Crippen molar-refractivity contribution in [1.82, 2.24) is 5.32 Å². The van der Waals surface area contributed by atoms with Crippen LogP contribution >= 0.6 is 0 Å². The van der Waals surface area contributed by atoms with E-state index >= 15 is 0 Å². The van der Waals surface area contributed by atoms with Crippen LogP contribution in [0.5, 0.6) is 5.75 Å². The summed E-state index contributed by atoms with van der Waals surface area (Å²) in [5.74, 6) is -16.0. The summed E-state index contributed by atoms with van der Waals surface area (Å²) in [5.41, 5.74) is -0.821. The molecule has 1 unspecified atom stereocenters. The Morgan fingerprint density at radius 3 is 1.94 bits per heavy atom. The molecule has 0 aliphatic carbocycles. The van der Waals surface area contributed by atoms with E-state index in [0.29, 0.717) is 6.42 Å². The fourth-order valence-electron chi connectivity index (χ4n) is 2.78. The van der Waals surface area contributed by atoms with Gasteiger partial charge in [0.25, 0.3) is 0 Å². The molecule has 0 radical (unpaired) electrons. The number of alkyl carbamates (subject to hydrolysis) is 1. The average molecular weight is 511 g/mol. The summed E-state index contributed by atoms with van der Waals surface area (Å²) < 4.78 is 82.3. The molecule has 1 aromatic rings. The summed E-state index contributed by atoms with van der Waals surface area (Å²) in [6.07, 6.45) is 0.870. The van der Waals surface area contributed by atoms with Gasteiger partial charge < -0.3 is 19.5 Å². The third kappa shape index (κ3) is 10.1. The number of benzene rings is 1. The predicted molar refractivity (Wildman–Crippen MR) is 114 cm³/mol. The fourth-order valence-corrected chi connectivity index (χ4v) is 2.78. The van der Waals surface area contributed by atoms with Crippen molar-refractivity contribution in [1.29, 1.82) is 0 Å². The van der Waals surface area contributed by atoms with Gasteiger partial charge in [-0.15, -0.1) is 0 Å². The van der Waals surface area contributed by atoms with E-state index in [1.807, 2.05) is 6.92 Å². The Kier molecular flexibility index (Phi) is 11.9. The van der Waals surface area contributed by atoms with Gasteiger partial charge in [-0.25, -0.2) is 22.8 Å². The highest BCUT2D eigenvalue weighted by molar-refractivity contribution is 5.81. The van der Waals surface area contributed by atoms with Gasteiger partial charge in [-0.3, -0.25) is 4.79 Å². The van der Waals surface area contributed by atoms with Crippen LogP contribution in [0.2, 0.25) is 0 Å². The minimum absolute atomic E-state index is 0.0739. The second-order valence-electron chi connectivity index (χ2n) is 8.68. The fraction of sp³-hybridized carbons (Fsp3) is 0.609. The highest BCUT2D eigenvalue weighted by Crippen LogP contribution is 2.29. The van der Waals surface area contributed by atoms with Crippen molar-refractivity contribution in [3.8, 4) is 5.75 Å². The van der Waals surface area contributed by atoms with E-state index in [9.17, 15) is 36.3 Å². The molecule has 1 aromatic carbocycles. The van der Waals surface area contributed by atoms with Crippen LogP contribution in [-0.2, 0) is 19.1 Å². The maximum atomic E-state index is 13.9. The number of carbonyl (C=O) groups is 3. The van der Waals surface area contributed by atoms with Crippen LogP contribution in [0.1, 0.15) is 72.6 Å². The first-order valence-corrected chi connectivity index (χ1v) is 11.2. The number of unbranched alkanes of at least 4 members (excludes halogenated alkanes) is 4. The molecule has 0 aliphatic heterocycles. The molecule has 0 bridgehead atoms. The number of rotatable bonds is 12. The first kappa shape index (κ1) is 30.1. The molecular weight excluding hydrogens is 481 g/mol. The Hall–Kier alpha value is -2.92. The van der Waals surface area contributed by atoms with Gasteiger partial charge in [0.05, 0.1) is 0 Å². The quantitative estimate of drug-likeness (QED) is 0.0999. The normalized spacial score (nSPS) is 12.1. The molecule has 1 atom stereocenters. The van der Waals surface area contributed by atoms with Crippen LogP contribution in [0.4, 0.5) is 26.7 Å². The zero-order valence-electron chi connectivity index (χ0n) is 20.1. The number of halogens is 5. The van der Waals surface area contributed by atoms with Gasteiger partial charge in [-0.2, -0.15) is 8.78 Å². The number of carbonyl (C=O) groups excluding carboxylic acids is 3. The molecule has 0 saturated carbocycles. The molecule has 1 amide bonds. The monoisotopic (exact) mass is 511 g/mol. The van der Waals surface area contributed by atoms with Crippen molar-refractivity contribution < 1.29 is 50.5 Å². The summed E-state index contributed by atoms with van der Waals surface area (Å²) in [6.45, 7) is 6.55. The molecule has 0 aliphatic rings. The summed E-state index contributed by atoms with van der Waals surface area (Å²) in [5, 5.41) is 2.30. The van der Waals surface area contributed by atoms with Crippen LogP contribution in [0.25, 0.3) is 0 Å². The molecule has 1 rings (SSSR count). The van der Waals surface area contributed by atoms with E-state index in [0.717, 1.165) is 25.7 Å². The molecule has 12 heteroatoms. The zero-order valence-corrected chi connectivity index (χ0v) is 20.1. The maximum absolute atomic E-state index is 13.9. The second-order valence-corrected chi connectivity index (χ2v) is 8.68. The van der Waals surface area contributed by atoms with E-state index < -0.39 is 71.0 Å². The van der Waals surface area contributed by atoms with Gasteiger partial charge in [-0.1, -0.05) is 32.6 Å². The predicted octanol–water partition coefficient (Wildman–Crippen LogP) is 5.47. The molecule has 35 heavy (non-hydrogen) atoms. The highest BCUT2D eigenvalue weighted by Gasteiger charge is 2.32. The largest absolute Gasteiger partial charge is 0.450 e.